The van der Waals surface area contributed by atoms with E-state index in [2.05, 4.69) is 12.2 Å². The van der Waals surface area contributed by atoms with E-state index in [1.54, 1.807) is 0 Å². The Bertz CT molecular complexity index is 657. The molecule has 3 rings (SSSR count). The minimum Gasteiger partial charge on any atom is -0.493 e. The maximum absolute atomic E-state index is 11.6. The summed E-state index contributed by atoms with van der Waals surface area (Å²) >= 11 is 1.04. The van der Waals surface area contributed by atoms with Gasteiger partial charge in [-0.2, -0.15) is 0 Å². The molecule has 1 heterocycles. The van der Waals surface area contributed by atoms with Gasteiger partial charge in [0.2, 0.25) is 5.91 Å². The third-order valence-corrected chi connectivity index (χ3v) is 5.54. The molecular formula is C18H21NO4S. The summed E-state index contributed by atoms with van der Waals surface area (Å²) in [6.07, 6.45) is 3.76. The zero-order valence-corrected chi connectivity index (χ0v) is 14.5. The van der Waals surface area contributed by atoms with Crippen molar-refractivity contribution in [3.8, 4) is 5.75 Å². The van der Waals surface area contributed by atoms with E-state index in [1.165, 1.54) is 0 Å². The van der Waals surface area contributed by atoms with Crippen LogP contribution in [0.4, 0.5) is 4.79 Å². The fourth-order valence-electron chi connectivity index (χ4n) is 3.21. The lowest BCUT2D eigenvalue weighted by Gasteiger charge is -2.32. The number of benzene rings is 1. The number of nitrogens with one attached hydrogen (secondary N) is 1. The minimum atomic E-state index is -0.351. The number of thioether (sulfide) groups is 1. The van der Waals surface area contributed by atoms with Crippen molar-refractivity contribution in [1.29, 1.82) is 0 Å². The summed E-state index contributed by atoms with van der Waals surface area (Å²) in [4.78, 5) is 34.4. The number of imide groups is 1. The van der Waals surface area contributed by atoms with Gasteiger partial charge in [-0.3, -0.25) is 19.7 Å². The van der Waals surface area contributed by atoms with Crippen molar-refractivity contribution in [2.75, 3.05) is 6.61 Å². The molecule has 1 aliphatic heterocycles. The van der Waals surface area contributed by atoms with Gasteiger partial charge < -0.3 is 4.74 Å². The van der Waals surface area contributed by atoms with Gasteiger partial charge in [0.1, 0.15) is 11.5 Å². The molecule has 0 radical (unpaired) electrons. The summed E-state index contributed by atoms with van der Waals surface area (Å²) < 4.78 is 5.87. The monoisotopic (exact) mass is 347 g/mol. The molecule has 6 heteroatoms. The largest absolute Gasteiger partial charge is 0.493 e. The molecule has 1 aromatic rings. The average Bonchev–Trinajstić information content (AvgIpc) is 2.84. The van der Waals surface area contributed by atoms with E-state index in [0.717, 1.165) is 35.9 Å². The Labute approximate surface area is 145 Å². The average molecular weight is 347 g/mol. The van der Waals surface area contributed by atoms with Gasteiger partial charge >= 0.3 is 0 Å². The highest BCUT2D eigenvalue weighted by atomic mass is 32.2. The number of carbonyl (C=O) groups excluding carboxylic acids is 3. The lowest BCUT2D eigenvalue weighted by atomic mass is 9.76. The van der Waals surface area contributed by atoms with Crippen LogP contribution in [-0.2, 0) is 16.0 Å². The van der Waals surface area contributed by atoms with Crippen molar-refractivity contribution in [2.24, 2.45) is 5.41 Å². The first-order valence-corrected chi connectivity index (χ1v) is 9.06. The molecule has 2 aliphatic rings. The summed E-state index contributed by atoms with van der Waals surface area (Å²) in [6.45, 7) is 2.64. The maximum Gasteiger partial charge on any atom is 0.286 e. The number of hydrogen-bond donors (Lipinski definition) is 1. The first-order chi connectivity index (χ1) is 11.4. The Morgan fingerprint density at radius 3 is 2.62 bits per heavy atom. The molecule has 1 N–H and O–H groups in total. The van der Waals surface area contributed by atoms with Crippen molar-refractivity contribution < 1.29 is 19.1 Å². The second kappa shape index (κ2) is 6.97. The Kier molecular flexibility index (Phi) is 4.94. The highest BCUT2D eigenvalue weighted by Crippen LogP contribution is 2.34. The topological polar surface area (TPSA) is 72.5 Å². The molecule has 2 amide bonds. The number of amides is 2. The van der Waals surface area contributed by atoms with Crippen LogP contribution in [0.2, 0.25) is 0 Å². The summed E-state index contributed by atoms with van der Waals surface area (Å²) in [5.41, 5.74) is 0.913. The third kappa shape index (κ3) is 4.17. The molecule has 1 saturated heterocycles. The van der Waals surface area contributed by atoms with Crippen LogP contribution in [0.1, 0.15) is 38.2 Å². The van der Waals surface area contributed by atoms with Crippen molar-refractivity contribution in [1.82, 2.24) is 5.32 Å². The SMILES string of the molecule is CC1(COc2ccc(CC3SC(=O)NC3=O)cc2)CCCC(=O)C1. The van der Waals surface area contributed by atoms with Gasteiger partial charge in [0.15, 0.2) is 0 Å². The molecule has 0 bridgehead atoms. The number of ketones is 1. The van der Waals surface area contributed by atoms with Crippen LogP contribution >= 0.6 is 11.8 Å². The summed E-state index contributed by atoms with van der Waals surface area (Å²) in [7, 11) is 0. The molecule has 0 aromatic heterocycles. The van der Waals surface area contributed by atoms with Crippen LogP contribution in [0.15, 0.2) is 24.3 Å². The van der Waals surface area contributed by atoms with Crippen molar-refractivity contribution in [2.45, 2.75) is 44.3 Å². The van der Waals surface area contributed by atoms with Crippen molar-refractivity contribution in [3.05, 3.63) is 29.8 Å². The van der Waals surface area contributed by atoms with Crippen LogP contribution < -0.4 is 10.1 Å². The van der Waals surface area contributed by atoms with E-state index in [-0.39, 0.29) is 21.8 Å². The summed E-state index contributed by atoms with van der Waals surface area (Å²) in [6, 6.07) is 7.59. The van der Waals surface area contributed by atoms with Gasteiger partial charge in [0.25, 0.3) is 5.24 Å². The molecule has 24 heavy (non-hydrogen) atoms. The van der Waals surface area contributed by atoms with Gasteiger partial charge in [-0.05, 0) is 37.0 Å². The van der Waals surface area contributed by atoms with E-state index >= 15 is 0 Å². The second-order valence-electron chi connectivity index (χ2n) is 6.90. The molecule has 2 fully saturated rings. The number of Topliss-reactive ketones (excluding diaryl/α,β-unsaturated/α-hetero) is 1. The molecule has 128 valence electrons. The molecule has 5 nitrogen and oxygen atoms in total. The Morgan fingerprint density at radius 2 is 2.00 bits per heavy atom. The van der Waals surface area contributed by atoms with Crippen LogP contribution in [-0.4, -0.2) is 28.8 Å². The maximum atomic E-state index is 11.6. The van der Waals surface area contributed by atoms with Crippen LogP contribution in [0.3, 0.4) is 0 Å². The number of rotatable bonds is 5. The quantitative estimate of drug-likeness (QED) is 0.886. The third-order valence-electron chi connectivity index (χ3n) is 4.56. The normalized spacial score (nSPS) is 27.2. The van der Waals surface area contributed by atoms with E-state index in [0.29, 0.717) is 31.7 Å². The zero-order chi connectivity index (χ0) is 17.2. The Balaban J connectivity index is 1.54. The number of carbonyl (C=O) groups is 3. The first kappa shape index (κ1) is 17.0. The second-order valence-corrected chi connectivity index (χ2v) is 8.08. The number of hydrogen-bond acceptors (Lipinski definition) is 5. The van der Waals surface area contributed by atoms with Crippen LogP contribution in [0.25, 0.3) is 0 Å². The molecule has 1 saturated carbocycles. The lowest BCUT2D eigenvalue weighted by Crippen LogP contribution is -2.31. The fraction of sp³-hybridized carbons (Fsp3) is 0.500. The molecule has 0 spiro atoms. The highest BCUT2D eigenvalue weighted by Gasteiger charge is 2.32. The highest BCUT2D eigenvalue weighted by molar-refractivity contribution is 8.15. The summed E-state index contributed by atoms with van der Waals surface area (Å²) in [5.74, 6) is 0.863. The van der Waals surface area contributed by atoms with Crippen LogP contribution in [0, 0.1) is 5.41 Å². The van der Waals surface area contributed by atoms with Gasteiger partial charge in [-0.1, -0.05) is 30.8 Å². The predicted molar refractivity (Wildman–Crippen MR) is 92.1 cm³/mol. The van der Waals surface area contributed by atoms with Crippen molar-refractivity contribution >= 4 is 28.7 Å². The fourth-order valence-corrected chi connectivity index (χ4v) is 4.07. The van der Waals surface area contributed by atoms with E-state index in [9.17, 15) is 14.4 Å². The molecule has 2 atom stereocenters. The first-order valence-electron chi connectivity index (χ1n) is 8.18. The minimum absolute atomic E-state index is 0.0764. The Morgan fingerprint density at radius 1 is 1.25 bits per heavy atom. The molecular weight excluding hydrogens is 326 g/mol. The zero-order valence-electron chi connectivity index (χ0n) is 13.7. The molecule has 1 aliphatic carbocycles. The van der Waals surface area contributed by atoms with Gasteiger partial charge in [-0.15, -0.1) is 0 Å². The Hall–Kier alpha value is -1.82. The smallest absolute Gasteiger partial charge is 0.286 e. The van der Waals surface area contributed by atoms with Gasteiger partial charge in [0.05, 0.1) is 11.9 Å². The summed E-state index contributed by atoms with van der Waals surface area (Å²) in [5, 5.41) is 1.67. The lowest BCUT2D eigenvalue weighted by molar-refractivity contribution is -0.124. The molecule has 2 unspecified atom stereocenters. The number of ether oxygens (including phenoxy) is 1. The van der Waals surface area contributed by atoms with Gasteiger partial charge in [0, 0.05) is 18.3 Å². The van der Waals surface area contributed by atoms with E-state index < -0.39 is 0 Å². The standard InChI is InChI=1S/C18H21NO4S/c1-18(8-2-3-13(20)10-18)11-23-14-6-4-12(5-7-14)9-15-16(21)19-17(22)24-15/h4-7,15H,2-3,8-11H2,1H3,(H,19,21,22). The van der Waals surface area contributed by atoms with Crippen LogP contribution in [0.5, 0.6) is 5.75 Å². The van der Waals surface area contributed by atoms with Crippen molar-refractivity contribution in [3.63, 3.8) is 0 Å². The van der Waals surface area contributed by atoms with E-state index in [1.807, 2.05) is 24.3 Å². The van der Waals surface area contributed by atoms with E-state index in [4.69, 9.17) is 4.74 Å². The van der Waals surface area contributed by atoms with Gasteiger partial charge in [-0.25, -0.2) is 0 Å². The predicted octanol–water partition coefficient (Wildman–Crippen LogP) is 3.11. The molecule has 1 aromatic carbocycles.